The molecule has 14 heavy (non-hydrogen) atoms. The molecule has 0 aromatic rings. The van der Waals surface area contributed by atoms with E-state index in [1.54, 1.807) is 0 Å². The molecule has 0 nitrogen and oxygen atoms in total. The second-order valence-electron chi connectivity index (χ2n) is 6.05. The molecule has 0 radical (unpaired) electrons. The van der Waals surface area contributed by atoms with Gasteiger partial charge in [0, 0.05) is 5.88 Å². The van der Waals surface area contributed by atoms with Crippen molar-refractivity contribution in [3.63, 3.8) is 0 Å². The number of hydrogen-bond acceptors (Lipinski definition) is 0. The average molecular weight is 217 g/mol. The minimum Gasteiger partial charge on any atom is -0.126 e. The molecule has 0 spiro atoms. The van der Waals surface area contributed by atoms with Crippen LogP contribution in [0.4, 0.5) is 0 Å². The highest BCUT2D eigenvalue weighted by Gasteiger charge is 2.23. The third kappa shape index (κ3) is 8.62. The number of hydrogen-bond donors (Lipinski definition) is 0. The molecule has 0 aromatic carbocycles. The van der Waals surface area contributed by atoms with Crippen molar-refractivity contribution in [3.8, 4) is 0 Å². The highest BCUT2D eigenvalue weighted by molar-refractivity contribution is 6.17. The zero-order valence-electron chi connectivity index (χ0n) is 10.4. The Labute approximate surface area is 94.7 Å². The van der Waals surface area contributed by atoms with Crippen molar-refractivity contribution in [3.05, 3.63) is 12.2 Å². The van der Waals surface area contributed by atoms with Gasteiger partial charge < -0.3 is 0 Å². The van der Waals surface area contributed by atoms with Gasteiger partial charge in [0.15, 0.2) is 0 Å². The number of alkyl halides is 1. The minimum absolute atomic E-state index is 0.404. The molecule has 0 bridgehead atoms. The fourth-order valence-corrected chi connectivity index (χ4v) is 2.22. The minimum atomic E-state index is 0.404. The monoisotopic (exact) mass is 216 g/mol. The fourth-order valence-electron chi connectivity index (χ4n) is 2.09. The molecule has 0 fully saturated rings. The van der Waals surface area contributed by atoms with Crippen LogP contribution in [-0.2, 0) is 0 Å². The first-order chi connectivity index (χ1) is 6.27. The lowest BCUT2D eigenvalue weighted by atomic mass is 9.74. The molecule has 0 rings (SSSR count). The smallest absolute Gasteiger partial charge is 0.0257 e. The van der Waals surface area contributed by atoms with Crippen molar-refractivity contribution in [2.24, 2.45) is 10.8 Å². The van der Waals surface area contributed by atoms with Gasteiger partial charge in [-0.2, -0.15) is 0 Å². The molecular weight excluding hydrogens is 192 g/mol. The summed E-state index contributed by atoms with van der Waals surface area (Å²) in [5.41, 5.74) is 0.824. The van der Waals surface area contributed by atoms with Crippen molar-refractivity contribution in [2.45, 2.75) is 53.9 Å². The fraction of sp³-hybridized carbons (Fsp3) is 0.846. The molecule has 0 aliphatic heterocycles. The van der Waals surface area contributed by atoms with Crippen LogP contribution in [0.5, 0.6) is 0 Å². The Balaban J connectivity index is 3.95. The average Bonchev–Trinajstić information content (AvgIpc) is 1.93. The lowest BCUT2D eigenvalue weighted by molar-refractivity contribution is 0.215. The summed E-state index contributed by atoms with van der Waals surface area (Å²) in [5, 5.41) is 0. The van der Waals surface area contributed by atoms with E-state index in [1.807, 2.05) is 0 Å². The number of halogens is 1. The van der Waals surface area contributed by atoms with Crippen LogP contribution in [-0.4, -0.2) is 5.88 Å². The van der Waals surface area contributed by atoms with E-state index in [1.165, 1.54) is 6.42 Å². The predicted molar refractivity (Wildman–Crippen MR) is 66.9 cm³/mol. The number of rotatable bonds is 5. The normalized spacial score (nSPS) is 13.9. The molecule has 0 saturated carbocycles. The van der Waals surface area contributed by atoms with Crippen molar-refractivity contribution < 1.29 is 0 Å². The van der Waals surface area contributed by atoms with Gasteiger partial charge in [0.1, 0.15) is 0 Å². The lowest BCUT2D eigenvalue weighted by Gasteiger charge is -2.31. The second-order valence-corrected chi connectivity index (χ2v) is 6.43. The van der Waals surface area contributed by atoms with Crippen molar-refractivity contribution in [1.29, 1.82) is 0 Å². The summed E-state index contributed by atoms with van der Waals surface area (Å²) in [6.45, 7) is 11.6. The molecule has 84 valence electrons. The number of allylic oxidation sites excluding steroid dienone is 2. The molecule has 0 N–H and O–H groups in total. The van der Waals surface area contributed by atoms with Crippen LogP contribution in [0.25, 0.3) is 0 Å². The predicted octanol–water partition coefficient (Wildman–Crippen LogP) is 5.02. The van der Waals surface area contributed by atoms with Crippen LogP contribution >= 0.6 is 11.6 Å². The molecule has 0 amide bonds. The topological polar surface area (TPSA) is 0 Å². The summed E-state index contributed by atoms with van der Waals surface area (Å²) >= 11 is 5.61. The molecule has 0 unspecified atom stereocenters. The summed E-state index contributed by atoms with van der Waals surface area (Å²) in [5.74, 6) is 0.732. The van der Waals surface area contributed by atoms with Crippen LogP contribution in [0.1, 0.15) is 53.9 Å². The SMILES string of the molecule is CC(C)(C)CC(C)(C)CC=CCCCl. The van der Waals surface area contributed by atoms with E-state index in [0.717, 1.165) is 18.7 Å². The van der Waals surface area contributed by atoms with E-state index in [4.69, 9.17) is 11.6 Å². The van der Waals surface area contributed by atoms with Gasteiger partial charge in [0.2, 0.25) is 0 Å². The Bertz CT molecular complexity index is 172. The van der Waals surface area contributed by atoms with E-state index >= 15 is 0 Å². The van der Waals surface area contributed by atoms with Crippen LogP contribution in [0.2, 0.25) is 0 Å². The maximum atomic E-state index is 5.61. The molecule has 0 aliphatic rings. The summed E-state index contributed by atoms with van der Waals surface area (Å²) in [4.78, 5) is 0. The molecule has 0 heterocycles. The summed E-state index contributed by atoms with van der Waals surface area (Å²) < 4.78 is 0. The highest BCUT2D eigenvalue weighted by Crippen LogP contribution is 2.35. The zero-order valence-corrected chi connectivity index (χ0v) is 11.1. The van der Waals surface area contributed by atoms with Crippen LogP contribution in [0.3, 0.4) is 0 Å². The van der Waals surface area contributed by atoms with Crippen LogP contribution in [0.15, 0.2) is 12.2 Å². The first-order valence-corrected chi connectivity index (χ1v) is 6.01. The van der Waals surface area contributed by atoms with Gasteiger partial charge >= 0.3 is 0 Å². The van der Waals surface area contributed by atoms with E-state index in [0.29, 0.717) is 10.8 Å². The molecular formula is C13H25Cl. The van der Waals surface area contributed by atoms with Gasteiger partial charge in [0.25, 0.3) is 0 Å². The first-order valence-electron chi connectivity index (χ1n) is 5.48. The third-order valence-corrected chi connectivity index (χ3v) is 2.34. The molecule has 0 saturated heterocycles. The Hall–Kier alpha value is 0.0300. The third-order valence-electron chi connectivity index (χ3n) is 2.12. The standard InChI is InChI=1S/C13H25Cl/c1-12(2,3)11-13(4,5)9-7-6-8-10-14/h6-7H,8-11H2,1-5H3. The van der Waals surface area contributed by atoms with Crippen LogP contribution < -0.4 is 0 Å². The highest BCUT2D eigenvalue weighted by atomic mass is 35.5. The van der Waals surface area contributed by atoms with Gasteiger partial charge in [-0.05, 0) is 30.1 Å². The second kappa shape index (κ2) is 5.80. The Morgan fingerprint density at radius 1 is 1.00 bits per heavy atom. The largest absolute Gasteiger partial charge is 0.126 e. The lowest BCUT2D eigenvalue weighted by Crippen LogP contribution is -2.19. The Morgan fingerprint density at radius 3 is 2.00 bits per heavy atom. The maximum Gasteiger partial charge on any atom is 0.0257 e. The van der Waals surface area contributed by atoms with Gasteiger partial charge in [0.05, 0.1) is 0 Å². The summed E-state index contributed by atoms with van der Waals surface area (Å²) in [6, 6.07) is 0. The Morgan fingerprint density at radius 2 is 1.57 bits per heavy atom. The van der Waals surface area contributed by atoms with E-state index in [2.05, 4.69) is 46.8 Å². The molecule has 1 heteroatoms. The summed E-state index contributed by atoms with van der Waals surface area (Å²) in [7, 11) is 0. The van der Waals surface area contributed by atoms with Crippen molar-refractivity contribution >= 4 is 11.6 Å². The van der Waals surface area contributed by atoms with Gasteiger partial charge in [-0.1, -0.05) is 46.8 Å². The summed E-state index contributed by atoms with van der Waals surface area (Å²) in [6.07, 6.45) is 7.87. The van der Waals surface area contributed by atoms with Gasteiger partial charge in [-0.15, -0.1) is 11.6 Å². The van der Waals surface area contributed by atoms with E-state index in [9.17, 15) is 0 Å². The maximum absolute atomic E-state index is 5.61. The quantitative estimate of drug-likeness (QED) is 0.447. The van der Waals surface area contributed by atoms with Crippen molar-refractivity contribution in [1.82, 2.24) is 0 Å². The van der Waals surface area contributed by atoms with Gasteiger partial charge in [-0.3, -0.25) is 0 Å². The van der Waals surface area contributed by atoms with Crippen LogP contribution in [0, 0.1) is 10.8 Å². The zero-order chi connectivity index (χ0) is 11.2. The molecule has 0 aliphatic carbocycles. The molecule has 0 aromatic heterocycles. The van der Waals surface area contributed by atoms with E-state index in [-0.39, 0.29) is 0 Å². The Kier molecular flexibility index (Phi) is 5.81. The first kappa shape index (κ1) is 14.0. The molecule has 0 atom stereocenters. The van der Waals surface area contributed by atoms with Gasteiger partial charge in [-0.25, -0.2) is 0 Å². The van der Waals surface area contributed by atoms with E-state index < -0.39 is 0 Å². The van der Waals surface area contributed by atoms with Crippen molar-refractivity contribution in [2.75, 3.05) is 5.88 Å².